The number of hydrogen-bond donors (Lipinski definition) is 0. The highest BCUT2D eigenvalue weighted by atomic mass is 32.1. The molecule has 162 valence electrons. The maximum atomic E-state index is 13.3. The average molecular weight is 439 g/mol. The van der Waals surface area contributed by atoms with Gasteiger partial charge in [0.15, 0.2) is 11.0 Å². The lowest BCUT2D eigenvalue weighted by molar-refractivity contribution is 0.0531. The lowest BCUT2D eigenvalue weighted by Crippen LogP contribution is -2.32. The molecule has 2 heterocycles. The van der Waals surface area contributed by atoms with Crippen LogP contribution in [0.25, 0.3) is 11.4 Å². The van der Waals surface area contributed by atoms with E-state index in [1.54, 1.807) is 18.7 Å². The van der Waals surface area contributed by atoms with E-state index in [0.29, 0.717) is 33.6 Å². The first-order valence-corrected chi connectivity index (χ1v) is 11.2. The van der Waals surface area contributed by atoms with E-state index < -0.39 is 5.97 Å². The van der Waals surface area contributed by atoms with Gasteiger partial charge in [-0.3, -0.25) is 9.69 Å². The first kappa shape index (κ1) is 22.6. The first-order chi connectivity index (χ1) is 15.0. The summed E-state index contributed by atoms with van der Waals surface area (Å²) in [6.07, 6.45) is 5.93. The molecule has 0 unspecified atom stereocenters. The van der Waals surface area contributed by atoms with Crippen molar-refractivity contribution in [2.75, 3.05) is 18.1 Å². The second-order valence-electron chi connectivity index (χ2n) is 6.96. The molecule has 0 spiro atoms. The number of esters is 1. The van der Waals surface area contributed by atoms with E-state index in [1.165, 1.54) is 23.7 Å². The van der Waals surface area contributed by atoms with Crippen molar-refractivity contribution in [3.8, 4) is 11.4 Å². The van der Waals surface area contributed by atoms with Gasteiger partial charge < -0.3 is 4.74 Å². The molecule has 2 aromatic heterocycles. The number of amides is 1. The molecule has 0 bridgehead atoms. The molecule has 0 aliphatic carbocycles. The minimum atomic E-state index is -0.416. The summed E-state index contributed by atoms with van der Waals surface area (Å²) in [5.41, 5.74) is 1.82. The van der Waals surface area contributed by atoms with E-state index in [-0.39, 0.29) is 12.5 Å². The molecular weight excluding hydrogens is 412 g/mol. The second-order valence-corrected chi connectivity index (χ2v) is 7.93. The smallest absolute Gasteiger partial charge is 0.350 e. The summed E-state index contributed by atoms with van der Waals surface area (Å²) in [4.78, 5) is 40.7. The van der Waals surface area contributed by atoms with E-state index in [0.717, 1.165) is 24.8 Å². The Labute approximate surface area is 186 Å². The molecule has 1 amide bonds. The zero-order valence-electron chi connectivity index (χ0n) is 18.0. The molecule has 0 radical (unpaired) electrons. The summed E-state index contributed by atoms with van der Waals surface area (Å²) >= 11 is 1.18. The van der Waals surface area contributed by atoms with Gasteiger partial charge in [0.1, 0.15) is 4.88 Å². The van der Waals surface area contributed by atoms with Crippen LogP contribution in [0.5, 0.6) is 0 Å². The third-order valence-electron chi connectivity index (χ3n) is 4.64. The summed E-state index contributed by atoms with van der Waals surface area (Å²) in [5.74, 6) is -0.0931. The van der Waals surface area contributed by atoms with Crippen LogP contribution >= 0.6 is 11.3 Å². The Bertz CT molecular complexity index is 1020. The second kappa shape index (κ2) is 10.8. The predicted octanol–water partition coefficient (Wildman–Crippen LogP) is 4.92. The standard InChI is InChI=1S/C23H26N4O3S/c1-4-6-10-13-27(23-26-16(3)19(31-23)22(29)30-5-2)21(28)18-14-24-20(25-15-18)17-11-8-7-9-12-17/h7-9,11-12,14-15H,4-6,10,13H2,1-3H3. The minimum absolute atomic E-state index is 0.236. The van der Waals surface area contributed by atoms with Gasteiger partial charge in [0, 0.05) is 24.5 Å². The maximum Gasteiger partial charge on any atom is 0.350 e. The zero-order valence-corrected chi connectivity index (χ0v) is 18.8. The molecule has 7 nitrogen and oxygen atoms in total. The van der Waals surface area contributed by atoms with Crippen molar-refractivity contribution in [2.24, 2.45) is 0 Å². The van der Waals surface area contributed by atoms with E-state index in [9.17, 15) is 9.59 Å². The van der Waals surface area contributed by atoms with Crippen LogP contribution in [0.15, 0.2) is 42.7 Å². The molecule has 3 aromatic rings. The molecule has 0 saturated heterocycles. The predicted molar refractivity (Wildman–Crippen MR) is 121 cm³/mol. The quantitative estimate of drug-likeness (QED) is 0.348. The lowest BCUT2D eigenvalue weighted by atomic mass is 10.2. The van der Waals surface area contributed by atoms with Gasteiger partial charge in [0.25, 0.3) is 5.91 Å². The highest BCUT2D eigenvalue weighted by Gasteiger charge is 2.25. The molecule has 0 aliphatic heterocycles. The van der Waals surface area contributed by atoms with Crippen LogP contribution in [0.4, 0.5) is 5.13 Å². The van der Waals surface area contributed by atoms with Gasteiger partial charge in [-0.25, -0.2) is 19.7 Å². The van der Waals surface area contributed by atoms with Crippen molar-refractivity contribution < 1.29 is 14.3 Å². The van der Waals surface area contributed by atoms with Crippen molar-refractivity contribution in [3.63, 3.8) is 0 Å². The van der Waals surface area contributed by atoms with E-state index in [4.69, 9.17) is 4.74 Å². The molecule has 31 heavy (non-hydrogen) atoms. The van der Waals surface area contributed by atoms with Crippen LogP contribution in [-0.4, -0.2) is 40.0 Å². The van der Waals surface area contributed by atoms with Crippen molar-refractivity contribution >= 4 is 28.3 Å². The fraction of sp³-hybridized carbons (Fsp3) is 0.348. The van der Waals surface area contributed by atoms with Gasteiger partial charge in [-0.05, 0) is 20.3 Å². The number of rotatable bonds is 9. The molecular formula is C23H26N4O3S. The number of carbonyl (C=O) groups excluding carboxylic acids is 2. The molecule has 0 N–H and O–H groups in total. The molecule has 3 rings (SSSR count). The van der Waals surface area contributed by atoms with Crippen LogP contribution in [0, 0.1) is 6.92 Å². The van der Waals surface area contributed by atoms with Gasteiger partial charge >= 0.3 is 5.97 Å². The van der Waals surface area contributed by atoms with E-state index in [2.05, 4.69) is 21.9 Å². The van der Waals surface area contributed by atoms with Gasteiger partial charge in [-0.1, -0.05) is 61.4 Å². The first-order valence-electron chi connectivity index (χ1n) is 10.4. The molecule has 0 atom stereocenters. The number of unbranched alkanes of at least 4 members (excludes halogenated alkanes) is 2. The fourth-order valence-corrected chi connectivity index (χ4v) is 4.00. The number of aryl methyl sites for hydroxylation is 1. The molecule has 0 saturated carbocycles. The van der Waals surface area contributed by atoms with Crippen LogP contribution in [-0.2, 0) is 4.74 Å². The van der Waals surface area contributed by atoms with Crippen molar-refractivity contribution in [2.45, 2.75) is 40.0 Å². The largest absolute Gasteiger partial charge is 0.462 e. The van der Waals surface area contributed by atoms with Crippen LogP contribution in [0.3, 0.4) is 0 Å². The normalized spacial score (nSPS) is 10.7. The number of carbonyl (C=O) groups is 2. The summed E-state index contributed by atoms with van der Waals surface area (Å²) in [7, 11) is 0. The third kappa shape index (κ3) is 5.52. The molecule has 8 heteroatoms. The van der Waals surface area contributed by atoms with Crippen molar-refractivity contribution in [1.82, 2.24) is 15.0 Å². The third-order valence-corrected chi connectivity index (χ3v) is 5.80. The number of ether oxygens (including phenoxy) is 1. The topological polar surface area (TPSA) is 85.3 Å². The fourth-order valence-electron chi connectivity index (χ4n) is 3.02. The Morgan fingerprint density at radius 1 is 1.06 bits per heavy atom. The van der Waals surface area contributed by atoms with Gasteiger partial charge in [0.2, 0.25) is 0 Å². The van der Waals surface area contributed by atoms with Gasteiger partial charge in [-0.15, -0.1) is 0 Å². The number of benzene rings is 1. The highest BCUT2D eigenvalue weighted by Crippen LogP contribution is 2.28. The Balaban J connectivity index is 1.87. The Morgan fingerprint density at radius 2 is 1.77 bits per heavy atom. The Kier molecular flexibility index (Phi) is 7.83. The summed E-state index contributed by atoms with van der Waals surface area (Å²) in [6, 6.07) is 9.60. The summed E-state index contributed by atoms with van der Waals surface area (Å²) in [6.45, 7) is 6.40. The van der Waals surface area contributed by atoms with Crippen LogP contribution < -0.4 is 4.90 Å². The lowest BCUT2D eigenvalue weighted by Gasteiger charge is -2.19. The summed E-state index contributed by atoms with van der Waals surface area (Å²) in [5, 5.41) is 0.480. The van der Waals surface area contributed by atoms with Crippen LogP contribution in [0.1, 0.15) is 58.8 Å². The molecule has 0 aliphatic rings. The van der Waals surface area contributed by atoms with Gasteiger partial charge in [-0.2, -0.15) is 0 Å². The van der Waals surface area contributed by atoms with Gasteiger partial charge in [0.05, 0.1) is 17.9 Å². The number of hydrogen-bond acceptors (Lipinski definition) is 7. The number of anilines is 1. The Hall–Kier alpha value is -3.13. The molecule has 1 aromatic carbocycles. The number of aromatic nitrogens is 3. The van der Waals surface area contributed by atoms with Crippen molar-refractivity contribution in [1.29, 1.82) is 0 Å². The van der Waals surface area contributed by atoms with E-state index in [1.807, 2.05) is 30.3 Å². The maximum absolute atomic E-state index is 13.3. The number of nitrogens with zero attached hydrogens (tertiary/aromatic N) is 4. The van der Waals surface area contributed by atoms with Crippen molar-refractivity contribution in [3.05, 3.63) is 58.9 Å². The van der Waals surface area contributed by atoms with E-state index >= 15 is 0 Å². The van der Waals surface area contributed by atoms with Crippen LogP contribution in [0.2, 0.25) is 0 Å². The Morgan fingerprint density at radius 3 is 2.42 bits per heavy atom. The zero-order chi connectivity index (χ0) is 22.2. The summed E-state index contributed by atoms with van der Waals surface area (Å²) < 4.78 is 5.11. The average Bonchev–Trinajstić information content (AvgIpc) is 3.18. The highest BCUT2D eigenvalue weighted by molar-refractivity contribution is 7.17. The SMILES string of the molecule is CCCCCN(C(=O)c1cnc(-c2ccccc2)nc1)c1nc(C)c(C(=O)OCC)s1. The monoisotopic (exact) mass is 438 g/mol. The molecule has 0 fully saturated rings. The minimum Gasteiger partial charge on any atom is -0.462 e. The number of thiazole rings is 1.